The van der Waals surface area contributed by atoms with Gasteiger partial charge in [0.2, 0.25) is 0 Å². The molecule has 2 rings (SSSR count). The van der Waals surface area contributed by atoms with E-state index in [0.717, 1.165) is 17.1 Å². The number of hydrazone groups is 1. The summed E-state index contributed by atoms with van der Waals surface area (Å²) < 4.78 is 30.5. The zero-order valence-electron chi connectivity index (χ0n) is 10.1. The molecule has 0 aliphatic carbocycles. The first-order chi connectivity index (χ1) is 8.79. The molecule has 8 nitrogen and oxygen atoms in total. The maximum absolute atomic E-state index is 11.6. The molecule has 20 heavy (non-hydrogen) atoms. The summed E-state index contributed by atoms with van der Waals surface area (Å²) in [6.07, 6.45) is -0.324. The second-order valence-electron chi connectivity index (χ2n) is 3.70. The molecule has 1 aliphatic heterocycles. The van der Waals surface area contributed by atoms with Crippen molar-refractivity contribution >= 4 is 60.7 Å². The molecule has 0 unspecified atom stereocenters. The van der Waals surface area contributed by atoms with E-state index in [1.807, 2.05) is 0 Å². The van der Waals surface area contributed by atoms with Gasteiger partial charge in [-0.25, -0.2) is 4.79 Å². The molecule has 10 heteroatoms. The zero-order valence-corrected chi connectivity index (χ0v) is 16.4. The van der Waals surface area contributed by atoms with Crippen LogP contribution in [-0.2, 0) is 19.7 Å². The number of carbonyl (C=O) groups is 2. The van der Waals surface area contributed by atoms with E-state index in [2.05, 4.69) is 5.10 Å². The number of anilines is 1. The molecule has 1 heterocycles. The number of rotatable bonds is 3. The second-order valence-corrected chi connectivity index (χ2v) is 5.12. The summed E-state index contributed by atoms with van der Waals surface area (Å²) in [4.78, 5) is 21.9. The number of aliphatic carboxylic acids is 1. The quantitative estimate of drug-likeness (QED) is 0.420. The van der Waals surface area contributed by atoms with Gasteiger partial charge in [0, 0.05) is 0 Å². The summed E-state index contributed by atoms with van der Waals surface area (Å²) in [5.41, 5.74) is -0.0718. The average molecular weight is 493 g/mol. The van der Waals surface area contributed by atoms with Crippen LogP contribution in [-0.4, -0.2) is 63.0 Å². The summed E-state index contributed by atoms with van der Waals surface area (Å²) in [6.45, 7) is 0. The van der Waals surface area contributed by atoms with Crippen molar-refractivity contribution in [2.75, 3.05) is 5.01 Å². The standard InChI is InChI=1S/C10H8N2O6S.Pb.2H/c13-9-5-8(10(14)15)11-12(9)6-1-3-7(4-2-6)19(16,17)18;;;/h1-4H,5H2,(H,14,15)(H,16,17,18);;;. The van der Waals surface area contributed by atoms with Gasteiger partial charge in [-0.05, 0) is 24.3 Å². The Kier molecular flexibility index (Phi) is 4.99. The number of amides is 1. The van der Waals surface area contributed by atoms with Crippen LogP contribution < -0.4 is 5.01 Å². The van der Waals surface area contributed by atoms with Crippen LogP contribution in [0.4, 0.5) is 5.69 Å². The van der Waals surface area contributed by atoms with E-state index in [9.17, 15) is 18.0 Å². The van der Waals surface area contributed by atoms with E-state index in [0.29, 0.717) is 0 Å². The van der Waals surface area contributed by atoms with Gasteiger partial charge in [0.25, 0.3) is 16.0 Å². The van der Waals surface area contributed by atoms with Gasteiger partial charge in [0.15, 0.2) is 5.71 Å². The van der Waals surface area contributed by atoms with Crippen LogP contribution in [0.5, 0.6) is 0 Å². The number of carbonyl (C=O) groups excluding carboxylic acids is 1. The molecule has 2 N–H and O–H groups in total. The van der Waals surface area contributed by atoms with Crippen molar-refractivity contribution in [1.29, 1.82) is 0 Å². The van der Waals surface area contributed by atoms with Crippen molar-refractivity contribution in [3.8, 4) is 0 Å². The Balaban J connectivity index is 0.00000200. The first-order valence-electron chi connectivity index (χ1n) is 5.00. The summed E-state index contributed by atoms with van der Waals surface area (Å²) >= 11 is 0. The fourth-order valence-electron chi connectivity index (χ4n) is 1.51. The number of carboxylic acids is 1. The van der Waals surface area contributed by atoms with Crippen LogP contribution in [0.2, 0.25) is 0 Å². The normalized spacial score (nSPS) is 14.8. The summed E-state index contributed by atoms with van der Waals surface area (Å²) in [5, 5.41) is 13.2. The van der Waals surface area contributed by atoms with Crippen molar-refractivity contribution in [2.45, 2.75) is 11.3 Å². The number of nitrogens with zero attached hydrogens (tertiary/aromatic N) is 2. The minimum absolute atomic E-state index is 0. The molecule has 0 saturated carbocycles. The molecular weight excluding hydrogens is 483 g/mol. The predicted octanol–water partition coefficient (Wildman–Crippen LogP) is -0.806. The topological polar surface area (TPSA) is 124 Å². The van der Waals surface area contributed by atoms with E-state index >= 15 is 0 Å². The molecule has 106 valence electrons. The summed E-state index contributed by atoms with van der Waals surface area (Å²) in [7, 11) is -4.31. The van der Waals surface area contributed by atoms with Crippen molar-refractivity contribution in [3.05, 3.63) is 24.3 Å². The van der Waals surface area contributed by atoms with Crippen molar-refractivity contribution < 1.29 is 27.7 Å². The summed E-state index contributed by atoms with van der Waals surface area (Å²) in [5.74, 6) is -1.82. The van der Waals surface area contributed by atoms with Gasteiger partial charge < -0.3 is 5.11 Å². The first kappa shape index (κ1) is 16.7. The van der Waals surface area contributed by atoms with Gasteiger partial charge in [-0.3, -0.25) is 9.35 Å². The number of hydrogen-bond donors (Lipinski definition) is 2. The van der Waals surface area contributed by atoms with Crippen molar-refractivity contribution in [2.24, 2.45) is 5.10 Å². The molecule has 0 bridgehead atoms. The molecule has 1 aromatic rings. The number of carboxylic acid groups (broad SMARTS) is 1. The van der Waals surface area contributed by atoms with Gasteiger partial charge in [-0.1, -0.05) is 0 Å². The van der Waals surface area contributed by atoms with Crippen LogP contribution in [0.25, 0.3) is 0 Å². The second kappa shape index (κ2) is 5.97. The molecule has 0 aromatic heterocycles. The Bertz CT molecular complexity index is 682. The monoisotopic (exact) mass is 494 g/mol. The third kappa shape index (κ3) is 3.40. The van der Waals surface area contributed by atoms with Gasteiger partial charge in [0.1, 0.15) is 0 Å². The first-order valence-corrected chi connectivity index (χ1v) is 6.44. The predicted molar refractivity (Wildman–Crippen MR) is 72.0 cm³/mol. The molecule has 0 fully saturated rings. The SMILES string of the molecule is O=C(O)C1=NN(c2ccc(S(=O)(=O)O)cc2)C(=O)C1.[PbH2]. The Morgan fingerprint density at radius 1 is 1.25 bits per heavy atom. The van der Waals surface area contributed by atoms with E-state index in [1.165, 1.54) is 12.1 Å². The number of hydrogen-bond acceptors (Lipinski definition) is 5. The third-order valence-electron chi connectivity index (χ3n) is 2.40. The van der Waals surface area contributed by atoms with Crippen LogP contribution >= 0.6 is 0 Å². The van der Waals surface area contributed by atoms with E-state index < -0.39 is 22.0 Å². The van der Waals surface area contributed by atoms with Gasteiger partial charge >= 0.3 is 33.3 Å². The molecule has 0 atom stereocenters. The van der Waals surface area contributed by atoms with Crippen molar-refractivity contribution in [1.82, 2.24) is 0 Å². The van der Waals surface area contributed by atoms with Gasteiger partial charge in [0.05, 0.1) is 17.0 Å². The zero-order chi connectivity index (χ0) is 14.2. The van der Waals surface area contributed by atoms with E-state index in [1.54, 1.807) is 0 Å². The average Bonchev–Trinajstić information content (AvgIpc) is 2.70. The Morgan fingerprint density at radius 2 is 1.80 bits per heavy atom. The molecule has 0 spiro atoms. The van der Waals surface area contributed by atoms with Gasteiger partial charge in [-0.2, -0.15) is 18.5 Å². The molecule has 2 radical (unpaired) electrons. The fourth-order valence-corrected chi connectivity index (χ4v) is 1.99. The Morgan fingerprint density at radius 3 is 2.20 bits per heavy atom. The molecule has 0 saturated heterocycles. The molecule has 1 amide bonds. The summed E-state index contributed by atoms with van der Waals surface area (Å²) in [6, 6.07) is 4.67. The Labute approximate surface area is 134 Å². The van der Waals surface area contributed by atoms with Crippen molar-refractivity contribution in [3.63, 3.8) is 0 Å². The minimum atomic E-state index is -4.31. The van der Waals surface area contributed by atoms with Crippen LogP contribution in [0.1, 0.15) is 6.42 Å². The van der Waals surface area contributed by atoms with E-state index in [4.69, 9.17) is 9.66 Å². The van der Waals surface area contributed by atoms with E-state index in [-0.39, 0.29) is 50.0 Å². The molecular formula is C10H10N2O6PbS. The third-order valence-corrected chi connectivity index (χ3v) is 3.27. The van der Waals surface area contributed by atoms with Crippen LogP contribution in [0, 0.1) is 0 Å². The molecule has 1 aromatic carbocycles. The maximum atomic E-state index is 11.6. The molecule has 1 aliphatic rings. The number of benzene rings is 1. The van der Waals surface area contributed by atoms with Crippen LogP contribution in [0.3, 0.4) is 0 Å². The fraction of sp³-hybridized carbons (Fsp3) is 0.100. The van der Waals surface area contributed by atoms with Gasteiger partial charge in [-0.15, -0.1) is 0 Å². The Hall–Kier alpha value is -1.34. The van der Waals surface area contributed by atoms with Crippen LogP contribution in [0.15, 0.2) is 34.3 Å².